The third-order valence-electron chi connectivity index (χ3n) is 6.19. The van der Waals surface area contributed by atoms with Crippen LogP contribution in [0.4, 0.5) is 4.39 Å². The fourth-order valence-electron chi connectivity index (χ4n) is 4.83. The van der Waals surface area contributed by atoms with E-state index in [2.05, 4.69) is 6.92 Å². The molecule has 2 N–H and O–H groups in total. The summed E-state index contributed by atoms with van der Waals surface area (Å²) in [4.78, 5) is 0. The second-order valence-electron chi connectivity index (χ2n) is 7.76. The first-order valence-electron chi connectivity index (χ1n) is 9.91. The molecule has 0 spiro atoms. The molecule has 0 aromatic heterocycles. The fourth-order valence-corrected chi connectivity index (χ4v) is 4.83. The lowest BCUT2D eigenvalue weighted by molar-refractivity contribution is 0.309. The maximum absolute atomic E-state index is 14.4. The molecule has 1 aliphatic rings. The zero-order chi connectivity index (χ0) is 19.7. The van der Waals surface area contributed by atoms with Gasteiger partial charge in [0.1, 0.15) is 17.3 Å². The van der Waals surface area contributed by atoms with Gasteiger partial charge >= 0.3 is 0 Å². The van der Waals surface area contributed by atoms with Crippen LogP contribution in [0.1, 0.15) is 47.4 Å². The van der Waals surface area contributed by atoms with Crippen LogP contribution in [0, 0.1) is 11.7 Å². The molecule has 0 saturated carbocycles. The second kappa shape index (κ2) is 7.67. The van der Waals surface area contributed by atoms with Crippen LogP contribution in [0.3, 0.4) is 0 Å². The van der Waals surface area contributed by atoms with Crippen molar-refractivity contribution in [1.29, 1.82) is 0 Å². The first kappa shape index (κ1) is 18.5. The van der Waals surface area contributed by atoms with Crippen LogP contribution in [-0.2, 0) is 12.8 Å². The van der Waals surface area contributed by atoms with Gasteiger partial charge in [0.25, 0.3) is 0 Å². The number of fused-ring (bicyclic) bond motifs is 1. The Balaban J connectivity index is 1.79. The quantitative estimate of drug-likeness (QED) is 0.592. The molecule has 28 heavy (non-hydrogen) atoms. The van der Waals surface area contributed by atoms with E-state index in [0.29, 0.717) is 23.8 Å². The van der Waals surface area contributed by atoms with Gasteiger partial charge < -0.3 is 10.2 Å². The van der Waals surface area contributed by atoms with Crippen LogP contribution >= 0.6 is 0 Å². The Labute approximate surface area is 165 Å². The Morgan fingerprint density at radius 2 is 1.64 bits per heavy atom. The molecule has 3 aromatic carbocycles. The number of halogens is 1. The summed E-state index contributed by atoms with van der Waals surface area (Å²) in [7, 11) is 0. The molecule has 2 nitrogen and oxygen atoms in total. The topological polar surface area (TPSA) is 40.5 Å². The fraction of sp³-hybridized carbons (Fsp3) is 0.280. The average Bonchev–Trinajstić information content (AvgIpc) is 2.70. The highest BCUT2D eigenvalue weighted by Gasteiger charge is 2.37. The molecular weight excluding hydrogens is 351 g/mol. The standard InChI is InChI=1S/C25H25FO2/c1-2-21-22(16-7-10-19(27)11-8-16)13-17-9-12-20(28)15-23(17)24(21)14-18-5-3-4-6-25(18)26/h3-12,15,21-22,24,27-28H,2,13-14H2,1H3/t21-,22+,24-/m0/s1. The van der Waals surface area contributed by atoms with Crippen molar-refractivity contribution in [3.05, 3.63) is 94.8 Å². The number of benzene rings is 3. The molecule has 3 aromatic rings. The van der Waals surface area contributed by atoms with Crippen molar-refractivity contribution in [3.8, 4) is 11.5 Å². The van der Waals surface area contributed by atoms with Crippen molar-refractivity contribution in [2.75, 3.05) is 0 Å². The summed E-state index contributed by atoms with van der Waals surface area (Å²) >= 11 is 0. The van der Waals surface area contributed by atoms with E-state index in [9.17, 15) is 14.6 Å². The van der Waals surface area contributed by atoms with E-state index >= 15 is 0 Å². The number of phenolic OH excluding ortho intramolecular Hbond substituents is 2. The van der Waals surface area contributed by atoms with Gasteiger partial charge in [0.2, 0.25) is 0 Å². The largest absolute Gasteiger partial charge is 0.508 e. The molecule has 3 heteroatoms. The first-order chi connectivity index (χ1) is 13.6. The Morgan fingerprint density at radius 3 is 2.36 bits per heavy atom. The molecule has 0 fully saturated rings. The van der Waals surface area contributed by atoms with Crippen LogP contribution in [0.2, 0.25) is 0 Å². The summed E-state index contributed by atoms with van der Waals surface area (Å²) in [5.41, 5.74) is 4.25. The zero-order valence-electron chi connectivity index (χ0n) is 16.0. The summed E-state index contributed by atoms with van der Waals surface area (Å²) in [6.07, 6.45) is 2.45. The van der Waals surface area contributed by atoms with Gasteiger partial charge in [-0.05, 0) is 83.2 Å². The molecule has 4 rings (SSSR count). The molecule has 0 aliphatic heterocycles. The summed E-state index contributed by atoms with van der Waals surface area (Å²) in [5, 5.41) is 19.8. The number of phenols is 2. The smallest absolute Gasteiger partial charge is 0.126 e. The minimum absolute atomic E-state index is 0.122. The van der Waals surface area contributed by atoms with E-state index in [1.165, 1.54) is 17.2 Å². The van der Waals surface area contributed by atoms with Gasteiger partial charge in [-0.1, -0.05) is 49.7 Å². The minimum Gasteiger partial charge on any atom is -0.508 e. The molecule has 0 unspecified atom stereocenters. The third kappa shape index (κ3) is 3.49. The van der Waals surface area contributed by atoms with Gasteiger partial charge in [0, 0.05) is 0 Å². The molecule has 0 heterocycles. The van der Waals surface area contributed by atoms with Crippen LogP contribution in [0.15, 0.2) is 66.7 Å². The van der Waals surface area contributed by atoms with E-state index in [4.69, 9.17) is 0 Å². The molecule has 0 bridgehead atoms. The number of aromatic hydroxyl groups is 2. The molecule has 0 radical (unpaired) electrons. The van der Waals surface area contributed by atoms with Crippen LogP contribution in [0.5, 0.6) is 11.5 Å². The third-order valence-corrected chi connectivity index (χ3v) is 6.19. The lowest BCUT2D eigenvalue weighted by Gasteiger charge is -2.40. The van der Waals surface area contributed by atoms with Crippen LogP contribution in [-0.4, -0.2) is 10.2 Å². The Morgan fingerprint density at radius 1 is 0.929 bits per heavy atom. The monoisotopic (exact) mass is 376 g/mol. The van der Waals surface area contributed by atoms with Crippen molar-refractivity contribution in [2.24, 2.45) is 5.92 Å². The van der Waals surface area contributed by atoms with Crippen molar-refractivity contribution in [1.82, 2.24) is 0 Å². The van der Waals surface area contributed by atoms with Gasteiger partial charge in [0.15, 0.2) is 0 Å². The Kier molecular flexibility index (Phi) is 5.08. The number of rotatable bonds is 4. The number of hydrogen-bond donors (Lipinski definition) is 2. The molecule has 144 valence electrons. The lowest BCUT2D eigenvalue weighted by Crippen LogP contribution is -2.29. The summed E-state index contributed by atoms with van der Waals surface area (Å²) in [6, 6.07) is 20.0. The highest BCUT2D eigenvalue weighted by atomic mass is 19.1. The van der Waals surface area contributed by atoms with Gasteiger partial charge in [-0.25, -0.2) is 4.39 Å². The first-order valence-corrected chi connectivity index (χ1v) is 9.91. The van der Waals surface area contributed by atoms with E-state index in [0.717, 1.165) is 18.4 Å². The Hall–Kier alpha value is -2.81. The highest BCUT2D eigenvalue weighted by molar-refractivity contribution is 5.44. The van der Waals surface area contributed by atoms with Gasteiger partial charge in [-0.3, -0.25) is 0 Å². The second-order valence-corrected chi connectivity index (χ2v) is 7.76. The van der Waals surface area contributed by atoms with Gasteiger partial charge in [-0.15, -0.1) is 0 Å². The molecule has 0 saturated heterocycles. The summed E-state index contributed by atoms with van der Waals surface area (Å²) < 4.78 is 14.4. The van der Waals surface area contributed by atoms with Crippen LogP contribution in [0.25, 0.3) is 0 Å². The zero-order valence-corrected chi connectivity index (χ0v) is 16.0. The molecular formula is C25H25FO2. The SMILES string of the molecule is CC[C@H]1[C@@H](c2ccc(O)cc2)Cc2ccc(O)cc2[C@H]1Cc1ccccc1F. The van der Waals surface area contributed by atoms with Crippen LogP contribution < -0.4 is 0 Å². The normalized spacial score (nSPS) is 21.3. The number of hydrogen-bond acceptors (Lipinski definition) is 2. The predicted molar refractivity (Wildman–Crippen MR) is 109 cm³/mol. The van der Waals surface area contributed by atoms with Gasteiger partial charge in [-0.2, -0.15) is 0 Å². The van der Waals surface area contributed by atoms with Crippen molar-refractivity contribution in [3.63, 3.8) is 0 Å². The Bertz CT molecular complexity index is 965. The van der Waals surface area contributed by atoms with E-state index in [-0.39, 0.29) is 23.2 Å². The van der Waals surface area contributed by atoms with Crippen molar-refractivity contribution in [2.45, 2.75) is 38.0 Å². The average molecular weight is 376 g/mol. The molecule has 1 aliphatic carbocycles. The predicted octanol–water partition coefficient (Wildman–Crippen LogP) is 5.93. The molecule has 0 amide bonds. The van der Waals surface area contributed by atoms with E-state index in [1.54, 1.807) is 24.3 Å². The maximum Gasteiger partial charge on any atom is 0.126 e. The summed E-state index contributed by atoms with van der Waals surface area (Å²) in [6.45, 7) is 2.18. The highest BCUT2D eigenvalue weighted by Crippen LogP contribution is 2.48. The lowest BCUT2D eigenvalue weighted by atomic mass is 9.64. The van der Waals surface area contributed by atoms with Crippen molar-refractivity contribution >= 4 is 0 Å². The van der Waals surface area contributed by atoms with Gasteiger partial charge in [0.05, 0.1) is 0 Å². The molecule has 3 atom stereocenters. The minimum atomic E-state index is -0.175. The van der Waals surface area contributed by atoms with E-state index in [1.807, 2.05) is 36.4 Å². The van der Waals surface area contributed by atoms with E-state index < -0.39 is 0 Å². The maximum atomic E-state index is 14.4. The summed E-state index contributed by atoms with van der Waals surface area (Å²) in [5.74, 6) is 1.08. The van der Waals surface area contributed by atoms with Crippen molar-refractivity contribution < 1.29 is 14.6 Å².